The first-order valence-electron chi connectivity index (χ1n) is 7.78. The van der Waals surface area contributed by atoms with Crippen LogP contribution in [-0.2, 0) is 11.3 Å². The standard InChI is InChI=1S/C17H24ClNO3/c1-3-7-17(16(21)22)11-19(8-6-15(17)20)10-13-5-4-12(2)9-14(13)18/h4-5,9,15,20H,3,6-8,10-11H2,1-2H3,(H,21,22)/t15-,17-/m1/s1. The van der Waals surface area contributed by atoms with Gasteiger partial charge in [-0.25, -0.2) is 0 Å². The van der Waals surface area contributed by atoms with Gasteiger partial charge in [-0.1, -0.05) is 37.1 Å². The molecular weight excluding hydrogens is 302 g/mol. The first kappa shape index (κ1) is 17.3. The van der Waals surface area contributed by atoms with Gasteiger partial charge in [-0.15, -0.1) is 0 Å². The van der Waals surface area contributed by atoms with E-state index >= 15 is 0 Å². The van der Waals surface area contributed by atoms with E-state index in [1.54, 1.807) is 0 Å². The molecule has 1 aromatic rings. The summed E-state index contributed by atoms with van der Waals surface area (Å²) in [6, 6.07) is 5.92. The smallest absolute Gasteiger partial charge is 0.313 e. The minimum absolute atomic E-state index is 0.363. The molecule has 0 aromatic heterocycles. The van der Waals surface area contributed by atoms with Crippen LogP contribution in [0.5, 0.6) is 0 Å². The summed E-state index contributed by atoms with van der Waals surface area (Å²) in [5, 5.41) is 20.6. The van der Waals surface area contributed by atoms with E-state index in [0.717, 1.165) is 17.5 Å². The molecule has 5 heteroatoms. The Bertz CT molecular complexity index is 549. The van der Waals surface area contributed by atoms with Crippen molar-refractivity contribution >= 4 is 17.6 Å². The zero-order valence-corrected chi connectivity index (χ0v) is 13.9. The minimum Gasteiger partial charge on any atom is -0.481 e. The van der Waals surface area contributed by atoms with Crippen molar-refractivity contribution in [2.24, 2.45) is 5.41 Å². The van der Waals surface area contributed by atoms with E-state index in [9.17, 15) is 15.0 Å². The summed E-state index contributed by atoms with van der Waals surface area (Å²) in [7, 11) is 0. The van der Waals surface area contributed by atoms with Crippen LogP contribution >= 0.6 is 11.6 Å². The summed E-state index contributed by atoms with van der Waals surface area (Å²) >= 11 is 6.28. The molecular formula is C17H24ClNO3. The molecule has 0 aliphatic carbocycles. The van der Waals surface area contributed by atoms with Crippen LogP contribution in [0.3, 0.4) is 0 Å². The van der Waals surface area contributed by atoms with Gasteiger partial charge >= 0.3 is 5.97 Å². The molecule has 0 unspecified atom stereocenters. The van der Waals surface area contributed by atoms with Gasteiger partial charge < -0.3 is 10.2 Å². The molecule has 1 fully saturated rings. The Morgan fingerprint density at radius 3 is 2.82 bits per heavy atom. The Morgan fingerprint density at radius 2 is 2.23 bits per heavy atom. The summed E-state index contributed by atoms with van der Waals surface area (Å²) < 4.78 is 0. The second-order valence-corrected chi connectivity index (χ2v) is 6.73. The fraction of sp³-hybridized carbons (Fsp3) is 0.588. The molecule has 4 nitrogen and oxygen atoms in total. The normalized spacial score (nSPS) is 26.1. The van der Waals surface area contributed by atoms with E-state index in [1.165, 1.54) is 0 Å². The van der Waals surface area contributed by atoms with Gasteiger partial charge in [-0.3, -0.25) is 9.69 Å². The maximum absolute atomic E-state index is 11.8. The maximum atomic E-state index is 11.8. The number of aryl methyl sites for hydroxylation is 1. The number of hydrogen-bond donors (Lipinski definition) is 2. The molecule has 2 N–H and O–H groups in total. The molecule has 1 aliphatic rings. The fourth-order valence-corrected chi connectivity index (χ4v) is 3.62. The second kappa shape index (κ2) is 6.99. The number of carboxylic acid groups (broad SMARTS) is 1. The Labute approximate surface area is 136 Å². The fourth-order valence-electron chi connectivity index (χ4n) is 3.33. The molecule has 122 valence electrons. The van der Waals surface area contributed by atoms with Crippen LogP contribution in [0.4, 0.5) is 0 Å². The Balaban J connectivity index is 2.17. The van der Waals surface area contributed by atoms with Crippen LogP contribution in [0, 0.1) is 12.3 Å². The van der Waals surface area contributed by atoms with Crippen LogP contribution in [-0.4, -0.2) is 40.3 Å². The molecule has 0 bridgehead atoms. The lowest BCUT2D eigenvalue weighted by Crippen LogP contribution is -2.55. The van der Waals surface area contributed by atoms with E-state index in [-0.39, 0.29) is 0 Å². The summed E-state index contributed by atoms with van der Waals surface area (Å²) in [6.07, 6.45) is 0.926. The van der Waals surface area contributed by atoms with Crippen LogP contribution in [0.2, 0.25) is 5.02 Å². The highest BCUT2D eigenvalue weighted by Crippen LogP contribution is 2.36. The number of likely N-dealkylation sites (tertiary alicyclic amines) is 1. The lowest BCUT2D eigenvalue weighted by molar-refractivity contribution is -0.164. The number of piperidine rings is 1. The minimum atomic E-state index is -1.07. The van der Waals surface area contributed by atoms with Crippen molar-refractivity contribution in [1.82, 2.24) is 4.90 Å². The number of nitrogens with zero attached hydrogens (tertiary/aromatic N) is 1. The first-order valence-corrected chi connectivity index (χ1v) is 8.15. The second-order valence-electron chi connectivity index (χ2n) is 6.32. The zero-order valence-electron chi connectivity index (χ0n) is 13.2. The number of halogens is 1. The van der Waals surface area contributed by atoms with E-state index in [0.29, 0.717) is 37.5 Å². The highest BCUT2D eigenvalue weighted by atomic mass is 35.5. The van der Waals surface area contributed by atoms with Crippen molar-refractivity contribution < 1.29 is 15.0 Å². The number of hydrogen-bond acceptors (Lipinski definition) is 3. The quantitative estimate of drug-likeness (QED) is 0.873. The van der Waals surface area contributed by atoms with E-state index in [1.807, 2.05) is 32.0 Å². The van der Waals surface area contributed by atoms with Crippen LogP contribution in [0.25, 0.3) is 0 Å². The number of aliphatic hydroxyl groups is 1. The van der Waals surface area contributed by atoms with E-state index in [4.69, 9.17) is 11.6 Å². The Kier molecular flexibility index (Phi) is 5.48. The lowest BCUT2D eigenvalue weighted by Gasteiger charge is -2.43. The third-order valence-electron chi connectivity index (χ3n) is 4.59. The zero-order chi connectivity index (χ0) is 16.3. The van der Waals surface area contributed by atoms with Crippen molar-refractivity contribution in [2.45, 2.75) is 45.8 Å². The number of aliphatic carboxylic acids is 1. The van der Waals surface area contributed by atoms with Gasteiger partial charge in [-0.05, 0) is 37.0 Å². The molecule has 2 rings (SSSR count). The van der Waals surface area contributed by atoms with Crippen LogP contribution in [0.15, 0.2) is 18.2 Å². The molecule has 1 saturated heterocycles. The van der Waals surface area contributed by atoms with Crippen molar-refractivity contribution in [3.8, 4) is 0 Å². The summed E-state index contributed by atoms with van der Waals surface area (Å²) in [5.41, 5.74) is 1.04. The number of carboxylic acids is 1. The highest BCUT2D eigenvalue weighted by Gasteiger charge is 2.48. The third-order valence-corrected chi connectivity index (χ3v) is 4.94. The van der Waals surface area contributed by atoms with Gasteiger partial charge in [0.2, 0.25) is 0 Å². The van der Waals surface area contributed by atoms with Gasteiger partial charge in [0.05, 0.1) is 6.10 Å². The largest absolute Gasteiger partial charge is 0.481 e. The molecule has 1 aromatic carbocycles. The van der Waals surface area contributed by atoms with Gasteiger partial charge in [0.25, 0.3) is 0 Å². The number of carbonyl (C=O) groups is 1. The molecule has 0 spiro atoms. The van der Waals surface area contributed by atoms with Gasteiger partial charge in [-0.2, -0.15) is 0 Å². The predicted octanol–water partition coefficient (Wildman–Crippen LogP) is 3.09. The van der Waals surface area contributed by atoms with Crippen molar-refractivity contribution in [2.75, 3.05) is 13.1 Å². The predicted molar refractivity (Wildman–Crippen MR) is 87.1 cm³/mol. The average molecular weight is 326 g/mol. The van der Waals surface area contributed by atoms with Gasteiger partial charge in [0.15, 0.2) is 0 Å². The van der Waals surface area contributed by atoms with E-state index in [2.05, 4.69) is 4.90 Å². The van der Waals surface area contributed by atoms with Crippen molar-refractivity contribution in [3.05, 3.63) is 34.3 Å². The average Bonchev–Trinajstić information content (AvgIpc) is 2.45. The van der Waals surface area contributed by atoms with Crippen LogP contribution in [0.1, 0.15) is 37.3 Å². The SMILES string of the molecule is CCC[C@@]1(C(=O)O)CN(Cc2ccc(C)cc2Cl)CC[C@H]1O. The van der Waals surface area contributed by atoms with Crippen LogP contribution < -0.4 is 0 Å². The molecule has 22 heavy (non-hydrogen) atoms. The Morgan fingerprint density at radius 1 is 1.50 bits per heavy atom. The summed E-state index contributed by atoms with van der Waals surface area (Å²) in [5.74, 6) is -0.901. The van der Waals surface area contributed by atoms with E-state index < -0.39 is 17.5 Å². The molecule has 2 atom stereocenters. The number of aliphatic hydroxyl groups excluding tert-OH is 1. The molecule has 0 saturated carbocycles. The molecule has 1 aliphatic heterocycles. The van der Waals surface area contributed by atoms with Crippen molar-refractivity contribution in [1.29, 1.82) is 0 Å². The highest BCUT2D eigenvalue weighted by molar-refractivity contribution is 6.31. The van der Waals surface area contributed by atoms with Gasteiger partial charge in [0.1, 0.15) is 5.41 Å². The summed E-state index contributed by atoms with van der Waals surface area (Å²) in [4.78, 5) is 13.9. The molecule has 0 amide bonds. The lowest BCUT2D eigenvalue weighted by atomic mass is 9.74. The van der Waals surface area contributed by atoms with Gasteiger partial charge in [0, 0.05) is 24.7 Å². The molecule has 0 radical (unpaired) electrons. The maximum Gasteiger partial charge on any atom is 0.313 e. The first-order chi connectivity index (χ1) is 10.4. The Hall–Kier alpha value is -1.10. The summed E-state index contributed by atoms with van der Waals surface area (Å²) in [6.45, 7) is 5.60. The van der Waals surface area contributed by atoms with Crippen molar-refractivity contribution in [3.63, 3.8) is 0 Å². The monoisotopic (exact) mass is 325 g/mol. The number of rotatable bonds is 5. The molecule has 1 heterocycles. The third kappa shape index (κ3) is 3.45. The number of benzene rings is 1. The topological polar surface area (TPSA) is 60.8 Å².